The van der Waals surface area contributed by atoms with Crippen LogP contribution in [0.25, 0.3) is 0 Å². The van der Waals surface area contributed by atoms with Gasteiger partial charge in [0.1, 0.15) is 11.9 Å². The Kier molecular flexibility index (Phi) is 4.99. The lowest BCUT2D eigenvalue weighted by molar-refractivity contribution is -0.142. The number of rotatable bonds is 5. The molecule has 1 N–H and O–H groups in total. The van der Waals surface area contributed by atoms with Gasteiger partial charge >= 0.3 is 5.97 Å². The van der Waals surface area contributed by atoms with E-state index in [0.717, 1.165) is 23.6 Å². The predicted molar refractivity (Wildman–Crippen MR) is 83.2 cm³/mol. The summed E-state index contributed by atoms with van der Waals surface area (Å²) in [5.41, 5.74) is 1.95. The number of ether oxygens (including phenoxy) is 1. The number of carbonyl (C=O) groups excluding carboxylic acids is 1. The van der Waals surface area contributed by atoms with Crippen LogP contribution in [0.1, 0.15) is 30.4 Å². The van der Waals surface area contributed by atoms with Gasteiger partial charge in [-0.1, -0.05) is 43.0 Å². The molecule has 1 aromatic carbocycles. The molecular formula is C18H20O3. The number of benzene rings is 1. The van der Waals surface area contributed by atoms with Gasteiger partial charge in [0.15, 0.2) is 0 Å². The Morgan fingerprint density at radius 2 is 2.33 bits per heavy atom. The summed E-state index contributed by atoms with van der Waals surface area (Å²) in [5, 5.41) is 10.0. The third-order valence-corrected chi connectivity index (χ3v) is 3.48. The molecule has 21 heavy (non-hydrogen) atoms. The molecular weight excluding hydrogens is 264 g/mol. The molecule has 0 saturated carbocycles. The molecule has 110 valence electrons. The van der Waals surface area contributed by atoms with E-state index in [1.165, 1.54) is 0 Å². The maximum atomic E-state index is 11.2. The lowest BCUT2D eigenvalue weighted by Crippen LogP contribution is -2.15. The molecule has 3 heteroatoms. The number of hydrogen-bond acceptors (Lipinski definition) is 3. The Morgan fingerprint density at radius 1 is 1.52 bits per heavy atom. The largest absolute Gasteiger partial charge is 0.508 e. The van der Waals surface area contributed by atoms with Gasteiger partial charge in [0, 0.05) is 24.0 Å². The first-order valence-electron chi connectivity index (χ1n) is 7.08. The summed E-state index contributed by atoms with van der Waals surface area (Å²) < 4.78 is 5.17. The number of phenols is 1. The second-order valence-corrected chi connectivity index (χ2v) is 5.20. The van der Waals surface area contributed by atoms with Crippen LogP contribution in [0.2, 0.25) is 0 Å². The molecule has 0 bridgehead atoms. The van der Waals surface area contributed by atoms with E-state index in [1.54, 1.807) is 6.07 Å². The average molecular weight is 284 g/mol. The molecule has 2 atom stereocenters. The van der Waals surface area contributed by atoms with Crippen molar-refractivity contribution in [3.63, 3.8) is 0 Å². The van der Waals surface area contributed by atoms with Crippen LogP contribution in [0.15, 0.2) is 55.2 Å². The van der Waals surface area contributed by atoms with Crippen molar-refractivity contribution < 1.29 is 14.6 Å². The fourth-order valence-electron chi connectivity index (χ4n) is 2.46. The van der Waals surface area contributed by atoms with Crippen molar-refractivity contribution in [3.8, 4) is 5.75 Å². The Hall–Kier alpha value is -2.29. The first-order chi connectivity index (χ1) is 10.1. The summed E-state index contributed by atoms with van der Waals surface area (Å²) in [6, 6.07) is 5.56. The van der Waals surface area contributed by atoms with E-state index in [2.05, 4.69) is 18.7 Å². The minimum atomic E-state index is -0.415. The van der Waals surface area contributed by atoms with Crippen molar-refractivity contribution in [2.45, 2.75) is 31.8 Å². The van der Waals surface area contributed by atoms with Gasteiger partial charge < -0.3 is 9.84 Å². The van der Waals surface area contributed by atoms with Gasteiger partial charge in [0.25, 0.3) is 0 Å². The normalized spacial score (nSPS) is 18.2. The van der Waals surface area contributed by atoms with E-state index < -0.39 is 5.97 Å². The van der Waals surface area contributed by atoms with Crippen molar-refractivity contribution in [2.75, 3.05) is 0 Å². The van der Waals surface area contributed by atoms with Crippen LogP contribution in [0.5, 0.6) is 5.75 Å². The standard InChI is InChI=1S/C18H20O3/c1-3-18(20)21-13(2)11-14-9-10-17(19)16(12-14)15-7-5-4-6-8-15/h3-7,9-10,12-13,15,19H,1,8,11H2,2H3. The minimum Gasteiger partial charge on any atom is -0.508 e. The van der Waals surface area contributed by atoms with Crippen LogP contribution < -0.4 is 0 Å². The molecule has 0 amide bonds. The van der Waals surface area contributed by atoms with E-state index in [9.17, 15) is 9.90 Å². The van der Waals surface area contributed by atoms with Gasteiger partial charge in [-0.25, -0.2) is 4.79 Å². The summed E-state index contributed by atoms with van der Waals surface area (Å²) in [7, 11) is 0. The van der Waals surface area contributed by atoms with E-state index in [-0.39, 0.29) is 12.0 Å². The third-order valence-electron chi connectivity index (χ3n) is 3.48. The molecule has 0 fully saturated rings. The highest BCUT2D eigenvalue weighted by Crippen LogP contribution is 2.32. The number of aromatic hydroxyl groups is 1. The average Bonchev–Trinajstić information content (AvgIpc) is 2.50. The highest BCUT2D eigenvalue weighted by atomic mass is 16.5. The second kappa shape index (κ2) is 6.93. The lowest BCUT2D eigenvalue weighted by atomic mass is 9.90. The molecule has 0 aromatic heterocycles. The lowest BCUT2D eigenvalue weighted by Gasteiger charge is -2.17. The van der Waals surface area contributed by atoms with Crippen LogP contribution in [-0.4, -0.2) is 17.2 Å². The van der Waals surface area contributed by atoms with Crippen LogP contribution in [0.4, 0.5) is 0 Å². The molecule has 0 radical (unpaired) electrons. The quantitative estimate of drug-likeness (QED) is 0.663. The van der Waals surface area contributed by atoms with E-state index in [1.807, 2.05) is 31.2 Å². The summed E-state index contributed by atoms with van der Waals surface area (Å²) >= 11 is 0. The molecule has 0 heterocycles. The first kappa shape index (κ1) is 15.1. The molecule has 2 rings (SSSR count). The predicted octanol–water partition coefficient (Wildman–Crippen LogP) is 3.65. The van der Waals surface area contributed by atoms with Crippen molar-refractivity contribution in [2.24, 2.45) is 0 Å². The van der Waals surface area contributed by atoms with E-state index in [0.29, 0.717) is 12.2 Å². The molecule has 1 aliphatic carbocycles. The molecule has 2 unspecified atom stereocenters. The zero-order valence-electron chi connectivity index (χ0n) is 12.2. The summed E-state index contributed by atoms with van der Waals surface area (Å²) in [6.45, 7) is 5.23. The second-order valence-electron chi connectivity index (χ2n) is 5.20. The number of carbonyl (C=O) groups is 1. The number of phenolic OH excluding ortho intramolecular Hbond substituents is 1. The Morgan fingerprint density at radius 3 is 3.00 bits per heavy atom. The molecule has 3 nitrogen and oxygen atoms in total. The minimum absolute atomic E-state index is 0.195. The van der Waals surface area contributed by atoms with E-state index >= 15 is 0 Å². The summed E-state index contributed by atoms with van der Waals surface area (Å²) in [5.74, 6) is 0.0854. The van der Waals surface area contributed by atoms with Crippen molar-refractivity contribution in [1.82, 2.24) is 0 Å². The van der Waals surface area contributed by atoms with Crippen LogP contribution in [-0.2, 0) is 16.0 Å². The Bertz CT molecular complexity index is 584. The molecule has 0 aliphatic heterocycles. The highest BCUT2D eigenvalue weighted by molar-refractivity contribution is 5.81. The smallest absolute Gasteiger partial charge is 0.330 e. The number of hydrogen-bond donors (Lipinski definition) is 1. The Labute approximate surface area is 125 Å². The first-order valence-corrected chi connectivity index (χ1v) is 7.08. The van der Waals surface area contributed by atoms with Crippen molar-refractivity contribution in [3.05, 3.63) is 66.3 Å². The highest BCUT2D eigenvalue weighted by Gasteiger charge is 2.15. The molecule has 1 aromatic rings. The zero-order chi connectivity index (χ0) is 15.2. The molecule has 0 saturated heterocycles. The fourth-order valence-corrected chi connectivity index (χ4v) is 2.46. The van der Waals surface area contributed by atoms with Crippen molar-refractivity contribution >= 4 is 5.97 Å². The number of allylic oxidation sites excluding steroid dienone is 4. The van der Waals surface area contributed by atoms with Gasteiger partial charge in [-0.3, -0.25) is 0 Å². The van der Waals surface area contributed by atoms with Gasteiger partial charge in [0.2, 0.25) is 0 Å². The third kappa shape index (κ3) is 4.09. The van der Waals surface area contributed by atoms with Gasteiger partial charge in [-0.15, -0.1) is 0 Å². The Balaban J connectivity index is 2.11. The monoisotopic (exact) mass is 284 g/mol. The summed E-state index contributed by atoms with van der Waals surface area (Å²) in [4.78, 5) is 11.2. The topological polar surface area (TPSA) is 46.5 Å². The fraction of sp³-hybridized carbons (Fsp3) is 0.278. The molecule has 0 spiro atoms. The SMILES string of the molecule is C=CC(=O)OC(C)Cc1ccc(O)c(C2C=CC=CC2)c1. The zero-order valence-corrected chi connectivity index (χ0v) is 12.2. The van der Waals surface area contributed by atoms with Crippen LogP contribution in [0.3, 0.4) is 0 Å². The number of esters is 1. The van der Waals surface area contributed by atoms with Gasteiger partial charge in [0.05, 0.1) is 0 Å². The van der Waals surface area contributed by atoms with Crippen molar-refractivity contribution in [1.29, 1.82) is 0 Å². The van der Waals surface area contributed by atoms with E-state index in [4.69, 9.17) is 4.74 Å². The van der Waals surface area contributed by atoms with Crippen LogP contribution >= 0.6 is 0 Å². The molecule has 1 aliphatic rings. The van der Waals surface area contributed by atoms with Gasteiger partial charge in [-0.2, -0.15) is 0 Å². The van der Waals surface area contributed by atoms with Gasteiger partial charge in [-0.05, 0) is 25.0 Å². The summed E-state index contributed by atoms with van der Waals surface area (Å²) in [6.07, 6.45) is 10.6. The van der Waals surface area contributed by atoms with Crippen LogP contribution in [0, 0.1) is 0 Å². The maximum absolute atomic E-state index is 11.2. The maximum Gasteiger partial charge on any atom is 0.330 e.